The lowest BCUT2D eigenvalue weighted by molar-refractivity contribution is -0.146. The number of anilines is 1. The van der Waals surface area contributed by atoms with Gasteiger partial charge in [-0.15, -0.1) is 0 Å². The summed E-state index contributed by atoms with van der Waals surface area (Å²) >= 11 is 0. The number of carboxylic acid groups (broad SMARTS) is 1. The standard InChI is InChI=1S/C13H15NO4/c15-11(13(16)17)6-4-10-5-7-12(18-10)14-8-2-1-3-9-14/h4-7H,1-3,8-9H2,(H,16,17)/b6-4+. The van der Waals surface area contributed by atoms with Crippen LogP contribution in [-0.2, 0) is 9.59 Å². The van der Waals surface area contributed by atoms with Crippen molar-refractivity contribution in [3.05, 3.63) is 24.0 Å². The van der Waals surface area contributed by atoms with Crippen LogP contribution in [0.15, 0.2) is 22.6 Å². The van der Waals surface area contributed by atoms with Crippen LogP contribution in [0.5, 0.6) is 0 Å². The fourth-order valence-electron chi connectivity index (χ4n) is 1.95. The summed E-state index contributed by atoms with van der Waals surface area (Å²) < 4.78 is 5.55. The maximum absolute atomic E-state index is 10.9. The molecule has 1 N–H and O–H groups in total. The van der Waals surface area contributed by atoms with Crippen molar-refractivity contribution in [3.63, 3.8) is 0 Å². The molecule has 0 unspecified atom stereocenters. The second-order valence-corrected chi connectivity index (χ2v) is 4.23. The molecule has 0 bridgehead atoms. The maximum Gasteiger partial charge on any atom is 0.376 e. The summed E-state index contributed by atoms with van der Waals surface area (Å²) in [5, 5.41) is 8.43. The van der Waals surface area contributed by atoms with Crippen molar-refractivity contribution >= 4 is 23.7 Å². The zero-order valence-corrected chi connectivity index (χ0v) is 9.96. The van der Waals surface area contributed by atoms with E-state index in [1.807, 2.05) is 6.07 Å². The van der Waals surface area contributed by atoms with E-state index in [1.54, 1.807) is 6.07 Å². The van der Waals surface area contributed by atoms with E-state index in [2.05, 4.69) is 4.90 Å². The Morgan fingerprint density at radius 2 is 1.94 bits per heavy atom. The lowest BCUT2D eigenvalue weighted by atomic mass is 10.1. The highest BCUT2D eigenvalue weighted by Gasteiger charge is 2.14. The minimum Gasteiger partial charge on any atom is -0.475 e. The molecular weight excluding hydrogens is 234 g/mol. The van der Waals surface area contributed by atoms with Crippen molar-refractivity contribution in [1.82, 2.24) is 0 Å². The van der Waals surface area contributed by atoms with Gasteiger partial charge in [-0.25, -0.2) is 4.79 Å². The molecule has 1 saturated heterocycles. The summed E-state index contributed by atoms with van der Waals surface area (Å²) in [5.74, 6) is -1.15. The number of piperidine rings is 1. The van der Waals surface area contributed by atoms with Gasteiger partial charge in [-0.1, -0.05) is 0 Å². The molecule has 1 aliphatic heterocycles. The minimum absolute atomic E-state index is 0.491. The number of nitrogens with zero attached hydrogens (tertiary/aromatic N) is 1. The van der Waals surface area contributed by atoms with Crippen molar-refractivity contribution in [2.45, 2.75) is 19.3 Å². The van der Waals surface area contributed by atoms with E-state index in [4.69, 9.17) is 9.52 Å². The third-order valence-electron chi connectivity index (χ3n) is 2.89. The first-order valence-electron chi connectivity index (χ1n) is 5.97. The molecule has 5 nitrogen and oxygen atoms in total. The first-order chi connectivity index (χ1) is 8.66. The highest BCUT2D eigenvalue weighted by atomic mass is 16.4. The van der Waals surface area contributed by atoms with Gasteiger partial charge in [0.15, 0.2) is 5.88 Å². The predicted octanol–water partition coefficient (Wildman–Crippen LogP) is 1.94. The van der Waals surface area contributed by atoms with Gasteiger partial charge in [0.1, 0.15) is 5.76 Å². The second kappa shape index (κ2) is 5.53. The number of rotatable bonds is 4. The normalized spacial score (nSPS) is 16.1. The number of carbonyl (C=O) groups is 2. The topological polar surface area (TPSA) is 70.8 Å². The zero-order chi connectivity index (χ0) is 13.0. The molecule has 0 radical (unpaired) electrons. The Bertz CT molecular complexity index is 469. The minimum atomic E-state index is -1.46. The van der Waals surface area contributed by atoms with Crippen molar-refractivity contribution < 1.29 is 19.1 Å². The third kappa shape index (κ3) is 3.00. The van der Waals surface area contributed by atoms with E-state index in [1.165, 1.54) is 12.5 Å². The smallest absolute Gasteiger partial charge is 0.376 e. The number of ketones is 1. The van der Waals surface area contributed by atoms with Gasteiger partial charge in [-0.05, 0) is 37.5 Å². The monoisotopic (exact) mass is 249 g/mol. The molecule has 1 fully saturated rings. The molecule has 96 valence electrons. The zero-order valence-electron chi connectivity index (χ0n) is 9.96. The highest BCUT2D eigenvalue weighted by Crippen LogP contribution is 2.23. The van der Waals surface area contributed by atoms with Gasteiger partial charge in [0, 0.05) is 19.2 Å². The Labute approximate surface area is 105 Å². The first kappa shape index (κ1) is 12.4. The molecule has 0 saturated carbocycles. The summed E-state index contributed by atoms with van der Waals surface area (Å²) in [6, 6.07) is 3.58. The van der Waals surface area contributed by atoms with Crippen LogP contribution < -0.4 is 4.90 Å². The van der Waals surface area contributed by atoms with E-state index in [0.717, 1.165) is 37.9 Å². The first-order valence-corrected chi connectivity index (χ1v) is 5.97. The van der Waals surface area contributed by atoms with Crippen molar-refractivity contribution in [2.75, 3.05) is 18.0 Å². The van der Waals surface area contributed by atoms with E-state index in [0.29, 0.717) is 5.76 Å². The molecule has 0 amide bonds. The van der Waals surface area contributed by atoms with E-state index in [9.17, 15) is 9.59 Å². The molecular formula is C13H15NO4. The summed E-state index contributed by atoms with van der Waals surface area (Å²) in [4.78, 5) is 23.4. The molecule has 0 aliphatic carbocycles. The van der Waals surface area contributed by atoms with E-state index < -0.39 is 11.8 Å². The molecule has 18 heavy (non-hydrogen) atoms. The summed E-state index contributed by atoms with van der Waals surface area (Å²) in [6.07, 6.45) is 5.94. The van der Waals surface area contributed by atoms with Crippen molar-refractivity contribution in [3.8, 4) is 0 Å². The third-order valence-corrected chi connectivity index (χ3v) is 2.89. The van der Waals surface area contributed by atoms with E-state index in [-0.39, 0.29) is 0 Å². The van der Waals surface area contributed by atoms with Crippen molar-refractivity contribution in [1.29, 1.82) is 0 Å². The van der Waals surface area contributed by atoms with Gasteiger partial charge in [-0.2, -0.15) is 0 Å². The maximum atomic E-state index is 10.9. The molecule has 1 aromatic rings. The second-order valence-electron chi connectivity index (χ2n) is 4.23. The van der Waals surface area contributed by atoms with Gasteiger partial charge < -0.3 is 14.4 Å². The molecule has 1 aliphatic rings. The Morgan fingerprint density at radius 3 is 2.61 bits per heavy atom. The lowest BCUT2D eigenvalue weighted by Gasteiger charge is -2.25. The van der Waals surface area contributed by atoms with Crippen LogP contribution >= 0.6 is 0 Å². The van der Waals surface area contributed by atoms with Crippen LogP contribution in [0.1, 0.15) is 25.0 Å². The Balaban J connectivity index is 2.01. The number of aliphatic carboxylic acids is 1. The predicted molar refractivity (Wildman–Crippen MR) is 66.4 cm³/mol. The number of carbonyl (C=O) groups excluding carboxylic acids is 1. The largest absolute Gasteiger partial charge is 0.475 e. The van der Waals surface area contributed by atoms with Gasteiger partial charge >= 0.3 is 5.97 Å². The Kier molecular flexibility index (Phi) is 3.82. The Morgan fingerprint density at radius 1 is 1.22 bits per heavy atom. The van der Waals surface area contributed by atoms with Crippen LogP contribution in [-0.4, -0.2) is 29.9 Å². The number of hydrogen-bond donors (Lipinski definition) is 1. The summed E-state index contributed by atoms with van der Waals surface area (Å²) in [5.41, 5.74) is 0. The average Bonchev–Trinajstić information content (AvgIpc) is 2.85. The molecule has 1 aromatic heterocycles. The molecule has 0 aromatic carbocycles. The SMILES string of the molecule is O=C(O)C(=O)/C=C/c1ccc(N2CCCCC2)o1. The highest BCUT2D eigenvalue weighted by molar-refractivity contribution is 6.38. The van der Waals surface area contributed by atoms with Crippen LogP contribution in [0, 0.1) is 0 Å². The molecule has 2 rings (SSSR count). The van der Waals surface area contributed by atoms with Gasteiger partial charge in [0.2, 0.25) is 0 Å². The fraction of sp³-hybridized carbons (Fsp3) is 0.385. The molecule has 5 heteroatoms. The van der Waals surface area contributed by atoms with Crippen LogP contribution in [0.3, 0.4) is 0 Å². The summed E-state index contributed by atoms with van der Waals surface area (Å²) in [7, 11) is 0. The van der Waals surface area contributed by atoms with Crippen LogP contribution in [0.2, 0.25) is 0 Å². The van der Waals surface area contributed by atoms with E-state index >= 15 is 0 Å². The quantitative estimate of drug-likeness (QED) is 0.652. The molecule has 0 spiro atoms. The Hall–Kier alpha value is -2.04. The lowest BCUT2D eigenvalue weighted by Crippen LogP contribution is -2.28. The average molecular weight is 249 g/mol. The number of furan rings is 1. The van der Waals surface area contributed by atoms with Gasteiger partial charge in [0.25, 0.3) is 5.78 Å². The molecule has 2 heterocycles. The van der Waals surface area contributed by atoms with Gasteiger partial charge in [-0.3, -0.25) is 4.79 Å². The van der Waals surface area contributed by atoms with Crippen LogP contribution in [0.4, 0.5) is 5.88 Å². The van der Waals surface area contributed by atoms with Gasteiger partial charge in [0.05, 0.1) is 0 Å². The summed E-state index contributed by atoms with van der Waals surface area (Å²) in [6.45, 7) is 1.95. The van der Waals surface area contributed by atoms with Crippen LogP contribution in [0.25, 0.3) is 6.08 Å². The molecule has 0 atom stereocenters. The fourth-order valence-corrected chi connectivity index (χ4v) is 1.95. The number of hydrogen-bond acceptors (Lipinski definition) is 4. The van der Waals surface area contributed by atoms with Crippen molar-refractivity contribution in [2.24, 2.45) is 0 Å². The number of carboxylic acids is 1.